The van der Waals surface area contributed by atoms with Crippen LogP contribution in [0.15, 0.2) is 0 Å². The van der Waals surface area contributed by atoms with E-state index in [1.54, 1.807) is 0 Å². The van der Waals surface area contributed by atoms with Crippen LogP contribution < -0.4 is 11.2 Å². The van der Waals surface area contributed by atoms with Gasteiger partial charge in [0.2, 0.25) is 0 Å². The maximum atomic E-state index is 10.7. The Kier molecular flexibility index (Phi) is 5.50. The highest BCUT2D eigenvalue weighted by Crippen LogP contribution is 1.81. The molecule has 0 radical (unpaired) electrons. The van der Waals surface area contributed by atoms with Crippen molar-refractivity contribution in [3.63, 3.8) is 0 Å². The number of amides is 1. The lowest BCUT2D eigenvalue weighted by Gasteiger charge is -2.08. The van der Waals surface area contributed by atoms with Gasteiger partial charge in [-0.1, -0.05) is 0 Å². The highest BCUT2D eigenvalue weighted by Gasteiger charge is 2.01. The van der Waals surface area contributed by atoms with Crippen molar-refractivity contribution in [2.45, 2.75) is 19.9 Å². The molecule has 0 rings (SSSR count). The van der Waals surface area contributed by atoms with Crippen molar-refractivity contribution in [1.29, 1.82) is 0 Å². The predicted octanol–water partition coefficient (Wildman–Crippen LogP) is 0.0113. The van der Waals surface area contributed by atoms with E-state index in [2.05, 4.69) is 14.9 Å². The average Bonchev–Trinajstić information content (AvgIpc) is 1.86. The summed E-state index contributed by atoms with van der Waals surface area (Å²) < 4.78 is 4.64. The van der Waals surface area contributed by atoms with E-state index in [1.807, 2.05) is 13.8 Å². The third-order valence-electron chi connectivity index (χ3n) is 0.841. The first-order chi connectivity index (χ1) is 5.16. The fraction of sp³-hybridized carbons (Fsp3) is 0.833. The molecule has 11 heavy (non-hydrogen) atoms. The largest absolute Gasteiger partial charge is 0.447 e. The zero-order valence-corrected chi connectivity index (χ0v) is 6.79. The molecule has 0 aliphatic heterocycles. The van der Waals surface area contributed by atoms with Crippen molar-refractivity contribution >= 4 is 6.09 Å². The molecule has 3 N–H and O–H groups in total. The van der Waals surface area contributed by atoms with E-state index in [0.717, 1.165) is 0 Å². The second-order valence-electron chi connectivity index (χ2n) is 2.31. The van der Waals surface area contributed by atoms with E-state index in [0.29, 0.717) is 0 Å². The van der Waals surface area contributed by atoms with Crippen molar-refractivity contribution in [2.75, 3.05) is 13.2 Å². The third-order valence-corrected chi connectivity index (χ3v) is 0.841. The lowest BCUT2D eigenvalue weighted by atomic mass is 10.4. The number of nitrogens with one attached hydrogen (secondary N) is 1. The molecular weight excluding hydrogens is 148 g/mol. The van der Waals surface area contributed by atoms with Gasteiger partial charge in [0, 0.05) is 6.04 Å². The average molecular weight is 162 g/mol. The summed E-state index contributed by atoms with van der Waals surface area (Å²) in [4.78, 5) is 14.9. The van der Waals surface area contributed by atoms with Crippen LogP contribution in [0.2, 0.25) is 0 Å². The molecular formula is C6H14N2O3. The molecule has 1 amide bonds. The van der Waals surface area contributed by atoms with E-state index in [-0.39, 0.29) is 19.3 Å². The van der Waals surface area contributed by atoms with E-state index >= 15 is 0 Å². The molecule has 0 saturated carbocycles. The molecule has 0 atom stereocenters. The van der Waals surface area contributed by atoms with Gasteiger partial charge in [-0.25, -0.2) is 10.7 Å². The van der Waals surface area contributed by atoms with Crippen LogP contribution in [0.25, 0.3) is 0 Å². The van der Waals surface area contributed by atoms with Crippen molar-refractivity contribution in [3.8, 4) is 0 Å². The molecule has 0 aliphatic rings. The first-order valence-corrected chi connectivity index (χ1v) is 3.41. The summed E-state index contributed by atoms with van der Waals surface area (Å²) in [6.07, 6.45) is -0.447. The standard InChI is InChI=1S/C6H14N2O3/c1-5(2)8-6(9)10-3-4-11-7/h5H,3-4,7H2,1-2H3,(H,8,9). The van der Waals surface area contributed by atoms with E-state index in [4.69, 9.17) is 5.90 Å². The van der Waals surface area contributed by atoms with E-state index < -0.39 is 6.09 Å². The monoisotopic (exact) mass is 162 g/mol. The minimum atomic E-state index is -0.447. The fourth-order valence-electron chi connectivity index (χ4n) is 0.460. The first-order valence-electron chi connectivity index (χ1n) is 3.41. The SMILES string of the molecule is CC(C)NC(=O)OCCON. The molecule has 5 nitrogen and oxygen atoms in total. The molecule has 0 heterocycles. The molecule has 0 aromatic rings. The second kappa shape index (κ2) is 5.94. The van der Waals surface area contributed by atoms with E-state index in [1.165, 1.54) is 0 Å². The van der Waals surface area contributed by atoms with Gasteiger partial charge < -0.3 is 14.9 Å². The van der Waals surface area contributed by atoms with Crippen LogP contribution in [0.5, 0.6) is 0 Å². The minimum Gasteiger partial charge on any atom is -0.447 e. The molecule has 0 saturated heterocycles. The summed E-state index contributed by atoms with van der Waals surface area (Å²) in [6, 6.07) is 0.0845. The van der Waals surface area contributed by atoms with Gasteiger partial charge >= 0.3 is 6.09 Å². The summed E-state index contributed by atoms with van der Waals surface area (Å²) in [5.41, 5.74) is 0. The molecule has 0 aromatic heterocycles. The number of hydrogen-bond donors (Lipinski definition) is 2. The van der Waals surface area contributed by atoms with Gasteiger partial charge in [-0.3, -0.25) is 0 Å². The summed E-state index contributed by atoms with van der Waals surface area (Å²) in [7, 11) is 0. The smallest absolute Gasteiger partial charge is 0.407 e. The highest BCUT2D eigenvalue weighted by molar-refractivity contribution is 5.67. The van der Waals surface area contributed by atoms with Gasteiger partial charge in [0.1, 0.15) is 13.2 Å². The Labute approximate surface area is 65.8 Å². The zero-order valence-electron chi connectivity index (χ0n) is 6.79. The maximum absolute atomic E-state index is 10.7. The Bertz CT molecular complexity index is 116. The number of carbonyl (C=O) groups is 1. The molecule has 66 valence electrons. The van der Waals surface area contributed by atoms with Crippen LogP contribution in [-0.4, -0.2) is 25.3 Å². The van der Waals surface area contributed by atoms with Crippen LogP contribution in [0.3, 0.4) is 0 Å². The molecule has 0 aliphatic carbocycles. The molecule has 0 aromatic carbocycles. The van der Waals surface area contributed by atoms with Crippen LogP contribution in [-0.2, 0) is 9.57 Å². The van der Waals surface area contributed by atoms with Crippen molar-refractivity contribution in [3.05, 3.63) is 0 Å². The second-order valence-corrected chi connectivity index (χ2v) is 2.31. The van der Waals surface area contributed by atoms with Crippen molar-refractivity contribution < 1.29 is 14.4 Å². The maximum Gasteiger partial charge on any atom is 0.407 e. The quantitative estimate of drug-likeness (QED) is 0.451. The van der Waals surface area contributed by atoms with E-state index in [9.17, 15) is 4.79 Å². The molecule has 0 bridgehead atoms. The molecule has 0 unspecified atom stereocenters. The zero-order chi connectivity index (χ0) is 8.69. The van der Waals surface area contributed by atoms with Crippen LogP contribution in [0.1, 0.15) is 13.8 Å². The van der Waals surface area contributed by atoms with Gasteiger partial charge in [-0.05, 0) is 13.8 Å². The van der Waals surface area contributed by atoms with Crippen LogP contribution in [0.4, 0.5) is 4.79 Å². The number of hydrogen-bond acceptors (Lipinski definition) is 4. The van der Waals surface area contributed by atoms with Gasteiger partial charge in [-0.15, -0.1) is 0 Å². The number of nitrogens with two attached hydrogens (primary N) is 1. The predicted molar refractivity (Wildman–Crippen MR) is 39.8 cm³/mol. The minimum absolute atomic E-state index is 0.0845. The third kappa shape index (κ3) is 7.08. The number of ether oxygens (including phenoxy) is 1. The highest BCUT2D eigenvalue weighted by atomic mass is 16.6. The number of rotatable bonds is 4. The van der Waals surface area contributed by atoms with Gasteiger partial charge in [0.25, 0.3) is 0 Å². The Morgan fingerprint density at radius 2 is 2.18 bits per heavy atom. The van der Waals surface area contributed by atoms with Gasteiger partial charge in [-0.2, -0.15) is 0 Å². The van der Waals surface area contributed by atoms with Gasteiger partial charge in [0.05, 0.1) is 0 Å². The molecule has 5 heteroatoms. The Balaban J connectivity index is 3.23. The summed E-state index contributed by atoms with van der Waals surface area (Å²) in [5.74, 6) is 4.70. The normalized spacial score (nSPS) is 9.82. The topological polar surface area (TPSA) is 73.6 Å². The lowest BCUT2D eigenvalue weighted by Crippen LogP contribution is -2.31. The van der Waals surface area contributed by atoms with Crippen LogP contribution >= 0.6 is 0 Å². The van der Waals surface area contributed by atoms with Gasteiger partial charge in [0.15, 0.2) is 0 Å². The summed E-state index contributed by atoms with van der Waals surface area (Å²) in [5, 5.41) is 2.54. The Hall–Kier alpha value is -0.810. The van der Waals surface area contributed by atoms with Crippen LogP contribution in [0, 0.1) is 0 Å². The fourth-order valence-corrected chi connectivity index (χ4v) is 0.460. The van der Waals surface area contributed by atoms with Crippen molar-refractivity contribution in [2.24, 2.45) is 5.90 Å². The van der Waals surface area contributed by atoms with Crippen molar-refractivity contribution in [1.82, 2.24) is 5.32 Å². The molecule has 0 spiro atoms. The molecule has 0 fully saturated rings. The number of alkyl carbamates (subject to hydrolysis) is 1. The summed E-state index contributed by atoms with van der Waals surface area (Å²) >= 11 is 0. The summed E-state index contributed by atoms with van der Waals surface area (Å²) in [6.45, 7) is 4.09. The number of carbonyl (C=O) groups excluding carboxylic acids is 1. The Morgan fingerprint density at radius 1 is 1.55 bits per heavy atom. The first kappa shape index (κ1) is 10.2. The Morgan fingerprint density at radius 3 is 2.64 bits per heavy atom. The lowest BCUT2D eigenvalue weighted by molar-refractivity contribution is 0.0726.